The molecule has 0 aliphatic carbocycles. The molecule has 2 heterocycles. The number of nitrogens with zero attached hydrogens (tertiary/aromatic N) is 1. The first kappa shape index (κ1) is 22.0. The number of carbonyl (C=O) groups excluding carboxylic acids is 1. The van der Waals surface area contributed by atoms with Crippen molar-refractivity contribution in [3.63, 3.8) is 0 Å². The van der Waals surface area contributed by atoms with E-state index in [1.807, 2.05) is 6.92 Å². The molecule has 27 heavy (non-hydrogen) atoms. The molecule has 1 unspecified atom stereocenters. The van der Waals surface area contributed by atoms with Gasteiger partial charge in [-0.25, -0.2) is 0 Å². The van der Waals surface area contributed by atoms with Crippen molar-refractivity contribution in [3.05, 3.63) is 17.0 Å². The molecule has 4 nitrogen and oxygen atoms in total. The molecule has 1 N–H and O–H groups in total. The normalized spacial score (nSPS) is 19.9. The minimum atomic E-state index is -4.36. The van der Waals surface area contributed by atoms with Crippen LogP contribution in [0.2, 0.25) is 0 Å². The van der Waals surface area contributed by atoms with Crippen molar-refractivity contribution < 1.29 is 22.7 Å². The number of hydrogen-bond donors (Lipinski definition) is 1. The molecule has 154 valence electrons. The third kappa shape index (κ3) is 7.70. The van der Waals surface area contributed by atoms with Crippen molar-refractivity contribution in [3.8, 4) is 5.06 Å². The van der Waals surface area contributed by atoms with Gasteiger partial charge < -0.3 is 15.0 Å². The zero-order valence-corrected chi connectivity index (χ0v) is 17.2. The standard InChI is InChI=1S/C19H29F3N2O2S/c1-13(15-5-6-16(27-15)26-12-19(20,21)22)23-17(25)14-7-9-24(11-14)10-8-18(2,3)4/h5-6,13-14H,7-12H2,1-4H3,(H,23,25)/t13?,14-/m1/s1. The van der Waals surface area contributed by atoms with E-state index in [1.54, 1.807) is 6.07 Å². The molecule has 0 spiro atoms. The van der Waals surface area contributed by atoms with Gasteiger partial charge in [0.1, 0.15) is 0 Å². The molecular formula is C19H29F3N2O2S. The highest BCUT2D eigenvalue weighted by molar-refractivity contribution is 7.13. The quantitative estimate of drug-likeness (QED) is 0.718. The van der Waals surface area contributed by atoms with E-state index in [2.05, 4.69) is 31.0 Å². The molecule has 1 aliphatic heterocycles. The van der Waals surface area contributed by atoms with E-state index in [-0.39, 0.29) is 28.3 Å². The van der Waals surface area contributed by atoms with E-state index >= 15 is 0 Å². The van der Waals surface area contributed by atoms with E-state index in [0.29, 0.717) is 0 Å². The largest absolute Gasteiger partial charge is 0.475 e. The predicted octanol–water partition coefficient (Wildman–Crippen LogP) is 4.62. The lowest BCUT2D eigenvalue weighted by Gasteiger charge is -2.23. The van der Waals surface area contributed by atoms with Gasteiger partial charge in [0.05, 0.1) is 12.0 Å². The monoisotopic (exact) mass is 406 g/mol. The van der Waals surface area contributed by atoms with Crippen molar-refractivity contribution in [2.75, 3.05) is 26.2 Å². The minimum Gasteiger partial charge on any atom is -0.475 e. The van der Waals surface area contributed by atoms with Crippen LogP contribution in [-0.4, -0.2) is 43.2 Å². The molecule has 0 bridgehead atoms. The van der Waals surface area contributed by atoms with Crippen LogP contribution < -0.4 is 10.1 Å². The summed E-state index contributed by atoms with van der Waals surface area (Å²) in [7, 11) is 0. The van der Waals surface area contributed by atoms with Crippen molar-refractivity contribution in [2.45, 2.75) is 52.8 Å². The summed E-state index contributed by atoms with van der Waals surface area (Å²) in [5.41, 5.74) is 0.278. The topological polar surface area (TPSA) is 41.6 Å². The van der Waals surface area contributed by atoms with Gasteiger partial charge in [0.15, 0.2) is 11.7 Å². The van der Waals surface area contributed by atoms with E-state index in [0.717, 1.165) is 48.7 Å². The van der Waals surface area contributed by atoms with Gasteiger partial charge in [-0.1, -0.05) is 20.8 Å². The van der Waals surface area contributed by atoms with Crippen LogP contribution in [0.15, 0.2) is 12.1 Å². The number of amides is 1. The molecule has 0 radical (unpaired) electrons. The van der Waals surface area contributed by atoms with E-state index in [9.17, 15) is 18.0 Å². The van der Waals surface area contributed by atoms with E-state index in [1.165, 1.54) is 6.07 Å². The molecule has 2 atom stereocenters. The van der Waals surface area contributed by atoms with Crippen molar-refractivity contribution in [1.82, 2.24) is 10.2 Å². The molecule has 1 amide bonds. The number of rotatable bonds is 7. The summed E-state index contributed by atoms with van der Waals surface area (Å²) < 4.78 is 41.4. The van der Waals surface area contributed by atoms with Gasteiger partial charge in [-0.05, 0) is 50.4 Å². The predicted molar refractivity (Wildman–Crippen MR) is 101 cm³/mol. The van der Waals surface area contributed by atoms with Crippen molar-refractivity contribution in [2.24, 2.45) is 11.3 Å². The van der Waals surface area contributed by atoms with Crippen LogP contribution >= 0.6 is 11.3 Å². The van der Waals surface area contributed by atoms with Crippen LogP contribution in [0, 0.1) is 11.3 Å². The average Bonchev–Trinajstić information content (AvgIpc) is 3.19. The molecule has 1 aromatic heterocycles. The first-order valence-electron chi connectivity index (χ1n) is 9.25. The Balaban J connectivity index is 1.79. The lowest BCUT2D eigenvalue weighted by Crippen LogP contribution is -2.34. The number of ether oxygens (including phenoxy) is 1. The van der Waals surface area contributed by atoms with Crippen molar-refractivity contribution in [1.29, 1.82) is 0 Å². The summed E-state index contributed by atoms with van der Waals surface area (Å²) in [6.07, 6.45) is -2.42. The molecule has 2 rings (SSSR count). The first-order valence-corrected chi connectivity index (χ1v) is 10.1. The van der Waals surface area contributed by atoms with Crippen LogP contribution in [0.5, 0.6) is 5.06 Å². The van der Waals surface area contributed by atoms with Crippen LogP contribution in [0.25, 0.3) is 0 Å². The second kappa shape index (κ2) is 8.82. The zero-order valence-electron chi connectivity index (χ0n) is 16.4. The molecule has 8 heteroatoms. The van der Waals surface area contributed by atoms with Gasteiger partial charge >= 0.3 is 6.18 Å². The second-order valence-electron chi connectivity index (χ2n) is 8.39. The molecule has 1 fully saturated rings. The highest BCUT2D eigenvalue weighted by Gasteiger charge is 2.30. The maximum Gasteiger partial charge on any atom is 0.422 e. The number of thiophene rings is 1. The number of carbonyl (C=O) groups is 1. The third-order valence-corrected chi connectivity index (χ3v) is 5.77. The molecular weight excluding hydrogens is 377 g/mol. The highest BCUT2D eigenvalue weighted by Crippen LogP contribution is 2.31. The number of alkyl halides is 3. The summed E-state index contributed by atoms with van der Waals surface area (Å²) in [6, 6.07) is 2.96. The van der Waals surface area contributed by atoms with Crippen LogP contribution in [0.1, 0.15) is 51.5 Å². The first-order chi connectivity index (χ1) is 12.4. The molecule has 1 aliphatic rings. The lowest BCUT2D eigenvalue weighted by atomic mass is 9.92. The Morgan fingerprint density at radius 2 is 2.07 bits per heavy atom. The zero-order chi connectivity index (χ0) is 20.2. The Kier molecular flexibility index (Phi) is 7.19. The van der Waals surface area contributed by atoms with Gasteiger partial charge in [-0.3, -0.25) is 4.79 Å². The average molecular weight is 407 g/mol. The van der Waals surface area contributed by atoms with Gasteiger partial charge in [-0.15, -0.1) is 11.3 Å². The van der Waals surface area contributed by atoms with Gasteiger partial charge in [0.2, 0.25) is 5.91 Å². The Morgan fingerprint density at radius 1 is 1.37 bits per heavy atom. The van der Waals surface area contributed by atoms with Gasteiger partial charge in [0, 0.05) is 11.4 Å². The molecule has 0 saturated carbocycles. The van der Waals surface area contributed by atoms with Crippen LogP contribution in [-0.2, 0) is 4.79 Å². The fraction of sp³-hybridized carbons (Fsp3) is 0.737. The Labute approximate surface area is 163 Å². The van der Waals surface area contributed by atoms with Gasteiger partial charge in [0.25, 0.3) is 0 Å². The van der Waals surface area contributed by atoms with Gasteiger partial charge in [-0.2, -0.15) is 13.2 Å². The second-order valence-corrected chi connectivity index (χ2v) is 9.47. The molecule has 1 saturated heterocycles. The van der Waals surface area contributed by atoms with Crippen LogP contribution in [0.4, 0.5) is 13.2 Å². The number of likely N-dealkylation sites (tertiary alicyclic amines) is 1. The minimum absolute atomic E-state index is 0.00641. The fourth-order valence-electron chi connectivity index (χ4n) is 2.94. The Morgan fingerprint density at radius 3 is 2.70 bits per heavy atom. The summed E-state index contributed by atoms with van der Waals surface area (Å²) in [5, 5.41) is 3.19. The summed E-state index contributed by atoms with van der Waals surface area (Å²) in [5.74, 6) is -0.0275. The molecule has 0 aromatic carbocycles. The molecule has 1 aromatic rings. The number of halogens is 3. The SMILES string of the molecule is CC(NC(=O)[C@@H]1CCN(CCC(C)(C)C)C1)c1ccc(OCC(F)(F)F)s1. The highest BCUT2D eigenvalue weighted by atomic mass is 32.1. The van der Waals surface area contributed by atoms with Crippen LogP contribution in [0.3, 0.4) is 0 Å². The smallest absolute Gasteiger partial charge is 0.422 e. The fourth-order valence-corrected chi connectivity index (χ4v) is 3.80. The Bertz CT molecular complexity index is 625. The number of nitrogens with one attached hydrogen (secondary N) is 1. The maximum atomic E-state index is 12.5. The summed E-state index contributed by atoms with van der Waals surface area (Å²) >= 11 is 1.13. The lowest BCUT2D eigenvalue weighted by molar-refractivity contribution is -0.152. The Hall–Kier alpha value is -1.28. The van der Waals surface area contributed by atoms with Crippen molar-refractivity contribution >= 4 is 17.2 Å². The summed E-state index contributed by atoms with van der Waals surface area (Å²) in [6.45, 7) is 9.85. The summed E-state index contributed by atoms with van der Waals surface area (Å²) in [4.78, 5) is 15.6. The van der Waals surface area contributed by atoms with E-state index < -0.39 is 12.8 Å². The van der Waals surface area contributed by atoms with E-state index in [4.69, 9.17) is 4.74 Å². The number of hydrogen-bond acceptors (Lipinski definition) is 4. The third-order valence-electron chi connectivity index (χ3n) is 4.59. The maximum absolute atomic E-state index is 12.5.